The summed E-state index contributed by atoms with van der Waals surface area (Å²) in [4.78, 5) is 13.9. The summed E-state index contributed by atoms with van der Waals surface area (Å²) in [6, 6.07) is 3.10. The quantitative estimate of drug-likeness (QED) is 0.787. The van der Waals surface area contributed by atoms with Gasteiger partial charge in [-0.05, 0) is 6.07 Å². The minimum atomic E-state index is -0.549. The average Bonchev–Trinajstić information content (AvgIpc) is 2.49. The van der Waals surface area contributed by atoms with Crippen LogP contribution in [-0.2, 0) is 11.3 Å². The van der Waals surface area contributed by atoms with Crippen LogP contribution >= 0.6 is 0 Å². The smallest absolute Gasteiger partial charge is 0.341 e. The van der Waals surface area contributed by atoms with Gasteiger partial charge >= 0.3 is 5.97 Å². The second-order valence-electron chi connectivity index (χ2n) is 4.70. The van der Waals surface area contributed by atoms with E-state index in [2.05, 4.69) is 15.0 Å². The summed E-state index contributed by atoms with van der Waals surface area (Å²) in [5.41, 5.74) is 1.03. The fourth-order valence-electron chi connectivity index (χ4n) is 2.31. The van der Waals surface area contributed by atoms with Crippen molar-refractivity contribution in [1.82, 2.24) is 10.2 Å². The molecule has 0 bridgehead atoms. The van der Waals surface area contributed by atoms with Crippen molar-refractivity contribution in [3.63, 3.8) is 0 Å². The summed E-state index contributed by atoms with van der Waals surface area (Å²) in [5, 5.41) is 13.1. The predicted molar refractivity (Wildman–Crippen MR) is 74.1 cm³/mol. The van der Waals surface area contributed by atoms with Crippen LogP contribution in [0.3, 0.4) is 0 Å². The SMILES string of the molecule is COC(=O)c1cc(CN2CCNCC2)c(OC)cc1O. The van der Waals surface area contributed by atoms with Crippen molar-refractivity contribution < 1.29 is 19.4 Å². The molecule has 0 amide bonds. The van der Waals surface area contributed by atoms with E-state index in [-0.39, 0.29) is 11.3 Å². The molecule has 0 radical (unpaired) electrons. The first-order valence-corrected chi connectivity index (χ1v) is 6.57. The Kier molecular flexibility index (Phi) is 4.81. The van der Waals surface area contributed by atoms with Gasteiger partial charge in [0.05, 0.1) is 14.2 Å². The topological polar surface area (TPSA) is 71.0 Å². The number of phenolic OH excluding ortho intramolecular Hbond substituents is 1. The number of rotatable bonds is 4. The zero-order chi connectivity index (χ0) is 14.5. The highest BCUT2D eigenvalue weighted by molar-refractivity contribution is 5.92. The van der Waals surface area contributed by atoms with Crippen LogP contribution in [0.4, 0.5) is 0 Å². The first-order valence-electron chi connectivity index (χ1n) is 6.57. The molecule has 1 aromatic carbocycles. The Morgan fingerprint density at radius 2 is 2.05 bits per heavy atom. The minimum Gasteiger partial charge on any atom is -0.507 e. The maximum atomic E-state index is 11.6. The Balaban J connectivity index is 2.26. The van der Waals surface area contributed by atoms with Crippen LogP contribution < -0.4 is 10.1 Å². The molecule has 0 atom stereocenters. The molecule has 0 spiro atoms. The zero-order valence-electron chi connectivity index (χ0n) is 11.8. The average molecular weight is 280 g/mol. The highest BCUT2D eigenvalue weighted by Gasteiger charge is 2.18. The van der Waals surface area contributed by atoms with Gasteiger partial charge in [0.1, 0.15) is 17.1 Å². The van der Waals surface area contributed by atoms with E-state index in [1.54, 1.807) is 13.2 Å². The van der Waals surface area contributed by atoms with Gasteiger partial charge in [0.25, 0.3) is 0 Å². The van der Waals surface area contributed by atoms with Crippen molar-refractivity contribution in [1.29, 1.82) is 0 Å². The van der Waals surface area contributed by atoms with Gasteiger partial charge < -0.3 is 19.9 Å². The number of benzene rings is 1. The Hall–Kier alpha value is -1.79. The largest absolute Gasteiger partial charge is 0.507 e. The Bertz CT molecular complexity index is 484. The number of carbonyl (C=O) groups excluding carboxylic acids is 1. The molecule has 1 fully saturated rings. The van der Waals surface area contributed by atoms with Crippen molar-refractivity contribution in [2.24, 2.45) is 0 Å². The summed E-state index contributed by atoms with van der Waals surface area (Å²) in [6.45, 7) is 4.46. The maximum absolute atomic E-state index is 11.6. The molecule has 0 unspecified atom stereocenters. The molecule has 2 N–H and O–H groups in total. The van der Waals surface area contributed by atoms with E-state index in [1.165, 1.54) is 13.2 Å². The number of phenols is 1. The molecule has 1 aliphatic rings. The number of hydrogen-bond acceptors (Lipinski definition) is 6. The fourth-order valence-corrected chi connectivity index (χ4v) is 2.31. The lowest BCUT2D eigenvalue weighted by atomic mass is 10.1. The van der Waals surface area contributed by atoms with Gasteiger partial charge in [-0.3, -0.25) is 4.90 Å². The first kappa shape index (κ1) is 14.6. The van der Waals surface area contributed by atoms with Crippen LogP contribution in [0.15, 0.2) is 12.1 Å². The van der Waals surface area contributed by atoms with Crippen molar-refractivity contribution in [2.45, 2.75) is 6.54 Å². The second kappa shape index (κ2) is 6.58. The van der Waals surface area contributed by atoms with E-state index < -0.39 is 5.97 Å². The van der Waals surface area contributed by atoms with E-state index in [9.17, 15) is 9.90 Å². The fraction of sp³-hybridized carbons (Fsp3) is 0.500. The third-order valence-corrected chi connectivity index (χ3v) is 3.41. The normalized spacial score (nSPS) is 15.9. The number of aromatic hydroxyl groups is 1. The number of methoxy groups -OCH3 is 2. The lowest BCUT2D eigenvalue weighted by Gasteiger charge is -2.28. The molecule has 0 saturated carbocycles. The number of nitrogens with one attached hydrogen (secondary N) is 1. The number of esters is 1. The predicted octanol–water partition coefficient (Wildman–Crippen LogP) is 0.593. The monoisotopic (exact) mass is 280 g/mol. The number of hydrogen-bond donors (Lipinski definition) is 2. The van der Waals surface area contributed by atoms with Crippen LogP contribution in [-0.4, -0.2) is 56.4 Å². The number of piperazine rings is 1. The third-order valence-electron chi connectivity index (χ3n) is 3.41. The zero-order valence-corrected chi connectivity index (χ0v) is 11.8. The van der Waals surface area contributed by atoms with Crippen molar-refractivity contribution in [3.8, 4) is 11.5 Å². The molecule has 6 heteroatoms. The molecule has 6 nitrogen and oxygen atoms in total. The van der Waals surface area contributed by atoms with Crippen molar-refractivity contribution in [3.05, 3.63) is 23.3 Å². The van der Waals surface area contributed by atoms with Gasteiger partial charge in [0.2, 0.25) is 0 Å². The van der Waals surface area contributed by atoms with Crippen molar-refractivity contribution >= 4 is 5.97 Å². The lowest BCUT2D eigenvalue weighted by molar-refractivity contribution is 0.0597. The number of carbonyl (C=O) groups is 1. The minimum absolute atomic E-state index is 0.127. The molecule has 1 heterocycles. The molecule has 1 aliphatic heterocycles. The van der Waals surface area contributed by atoms with E-state index in [0.29, 0.717) is 12.3 Å². The molecule has 0 aliphatic carbocycles. The Morgan fingerprint density at radius 3 is 2.65 bits per heavy atom. The second-order valence-corrected chi connectivity index (χ2v) is 4.70. The molecule has 1 aromatic rings. The van der Waals surface area contributed by atoms with Gasteiger partial charge in [-0.2, -0.15) is 0 Å². The van der Waals surface area contributed by atoms with E-state index in [4.69, 9.17) is 4.74 Å². The molecule has 20 heavy (non-hydrogen) atoms. The van der Waals surface area contributed by atoms with E-state index in [1.807, 2.05) is 0 Å². The molecule has 2 rings (SSSR count). The standard InChI is InChI=1S/C14H20N2O4/c1-19-13-8-12(17)11(14(18)20-2)7-10(13)9-16-5-3-15-4-6-16/h7-8,15,17H,3-6,9H2,1-2H3. The number of ether oxygens (including phenoxy) is 2. The summed E-state index contributed by atoms with van der Waals surface area (Å²) in [5.74, 6) is -0.0989. The summed E-state index contributed by atoms with van der Waals surface area (Å²) < 4.78 is 9.95. The highest BCUT2D eigenvalue weighted by Crippen LogP contribution is 2.29. The molecular weight excluding hydrogens is 260 g/mol. The van der Waals surface area contributed by atoms with Gasteiger partial charge in [0, 0.05) is 44.4 Å². The molecule has 1 saturated heterocycles. The summed E-state index contributed by atoms with van der Waals surface area (Å²) in [6.07, 6.45) is 0. The maximum Gasteiger partial charge on any atom is 0.341 e. The third kappa shape index (κ3) is 3.20. The molecular formula is C14H20N2O4. The lowest BCUT2D eigenvalue weighted by Crippen LogP contribution is -2.42. The van der Waals surface area contributed by atoms with Crippen LogP contribution in [0.5, 0.6) is 11.5 Å². The van der Waals surface area contributed by atoms with E-state index in [0.717, 1.165) is 31.7 Å². The van der Waals surface area contributed by atoms with Crippen molar-refractivity contribution in [2.75, 3.05) is 40.4 Å². The number of nitrogens with zero attached hydrogens (tertiary/aromatic N) is 1. The van der Waals surface area contributed by atoms with Gasteiger partial charge in [-0.1, -0.05) is 0 Å². The van der Waals surface area contributed by atoms with Gasteiger partial charge in [-0.25, -0.2) is 4.79 Å². The summed E-state index contributed by atoms with van der Waals surface area (Å²) >= 11 is 0. The Morgan fingerprint density at radius 1 is 1.35 bits per heavy atom. The van der Waals surface area contributed by atoms with E-state index >= 15 is 0 Å². The highest BCUT2D eigenvalue weighted by atomic mass is 16.5. The van der Waals surface area contributed by atoms with Crippen LogP contribution in [0.1, 0.15) is 15.9 Å². The summed E-state index contributed by atoms with van der Waals surface area (Å²) in [7, 11) is 2.84. The van der Waals surface area contributed by atoms with Crippen LogP contribution in [0.2, 0.25) is 0 Å². The van der Waals surface area contributed by atoms with Crippen LogP contribution in [0, 0.1) is 0 Å². The van der Waals surface area contributed by atoms with Gasteiger partial charge in [-0.15, -0.1) is 0 Å². The van der Waals surface area contributed by atoms with Crippen LogP contribution in [0.25, 0.3) is 0 Å². The molecule has 110 valence electrons. The van der Waals surface area contributed by atoms with Gasteiger partial charge in [0.15, 0.2) is 0 Å². The molecule has 0 aromatic heterocycles. The Labute approximate surface area is 118 Å². The first-order chi connectivity index (χ1) is 9.65.